The zero-order valence-electron chi connectivity index (χ0n) is 11.3. The highest BCUT2D eigenvalue weighted by molar-refractivity contribution is 6.32. The summed E-state index contributed by atoms with van der Waals surface area (Å²) in [5.41, 5.74) is 0.425. The number of aromatic nitrogens is 2. The molecule has 0 radical (unpaired) electrons. The molecule has 0 spiro atoms. The van der Waals surface area contributed by atoms with Gasteiger partial charge in [-0.25, -0.2) is 4.98 Å². The topological polar surface area (TPSA) is 41.1 Å². The van der Waals surface area contributed by atoms with Crippen LogP contribution in [0.3, 0.4) is 0 Å². The predicted molar refractivity (Wildman–Crippen MR) is 76.4 cm³/mol. The van der Waals surface area contributed by atoms with E-state index in [9.17, 15) is 0 Å². The molecule has 100 valence electrons. The first-order chi connectivity index (χ1) is 8.64. The van der Waals surface area contributed by atoms with Crippen LogP contribution in [-0.4, -0.2) is 30.1 Å². The van der Waals surface area contributed by atoms with Gasteiger partial charge in [0.2, 0.25) is 5.95 Å². The molecule has 1 aliphatic heterocycles. The first-order valence-corrected chi connectivity index (χ1v) is 6.97. The minimum Gasteiger partial charge on any atom is -0.357 e. The van der Waals surface area contributed by atoms with Gasteiger partial charge in [0.15, 0.2) is 5.82 Å². The Labute approximate surface area is 114 Å². The van der Waals surface area contributed by atoms with Crippen LogP contribution in [0.15, 0.2) is 6.20 Å². The Hall–Kier alpha value is -1.03. The molecule has 1 aliphatic rings. The van der Waals surface area contributed by atoms with E-state index < -0.39 is 0 Å². The van der Waals surface area contributed by atoms with E-state index in [0.29, 0.717) is 16.4 Å². The maximum atomic E-state index is 6.22. The molecule has 2 rings (SSSR count). The Morgan fingerprint density at radius 1 is 1.44 bits per heavy atom. The van der Waals surface area contributed by atoms with Crippen LogP contribution in [0.1, 0.15) is 33.1 Å². The van der Waals surface area contributed by atoms with Gasteiger partial charge in [0.1, 0.15) is 5.02 Å². The molecule has 0 unspecified atom stereocenters. The van der Waals surface area contributed by atoms with Crippen molar-refractivity contribution < 1.29 is 0 Å². The molecule has 2 heterocycles. The van der Waals surface area contributed by atoms with Crippen LogP contribution >= 0.6 is 11.6 Å². The lowest BCUT2D eigenvalue weighted by molar-refractivity contribution is 0.301. The molecule has 5 heteroatoms. The van der Waals surface area contributed by atoms with E-state index in [4.69, 9.17) is 11.6 Å². The summed E-state index contributed by atoms with van der Waals surface area (Å²) < 4.78 is 0. The highest BCUT2D eigenvalue weighted by Gasteiger charge is 2.36. The summed E-state index contributed by atoms with van der Waals surface area (Å²) in [5.74, 6) is 1.49. The molecule has 1 N–H and O–H groups in total. The largest absolute Gasteiger partial charge is 0.357 e. The molecule has 4 nitrogen and oxygen atoms in total. The van der Waals surface area contributed by atoms with Gasteiger partial charge >= 0.3 is 0 Å². The van der Waals surface area contributed by atoms with Crippen molar-refractivity contribution in [1.82, 2.24) is 9.97 Å². The van der Waals surface area contributed by atoms with Crippen molar-refractivity contribution in [3.8, 4) is 0 Å². The summed E-state index contributed by atoms with van der Waals surface area (Å²) in [7, 11) is 1.82. The molecule has 0 aromatic carbocycles. The standard InChI is InChI=1S/C13H21ClN4/c1-4-13(5-2)6-7-18(9-13)11-10(14)8-16-12(15-3)17-11/h8H,4-7,9H2,1-3H3,(H,15,16,17). The van der Waals surface area contributed by atoms with Crippen LogP contribution in [-0.2, 0) is 0 Å². The minimum atomic E-state index is 0.425. The third-order valence-corrected chi connectivity index (χ3v) is 4.45. The van der Waals surface area contributed by atoms with Crippen molar-refractivity contribution in [2.75, 3.05) is 30.4 Å². The quantitative estimate of drug-likeness (QED) is 0.911. The Morgan fingerprint density at radius 3 is 2.72 bits per heavy atom. The maximum Gasteiger partial charge on any atom is 0.224 e. The van der Waals surface area contributed by atoms with E-state index in [1.807, 2.05) is 7.05 Å². The molecule has 0 aliphatic carbocycles. The number of nitrogens with one attached hydrogen (secondary N) is 1. The first-order valence-electron chi connectivity index (χ1n) is 6.59. The van der Waals surface area contributed by atoms with Gasteiger partial charge in [-0.05, 0) is 24.7 Å². The minimum absolute atomic E-state index is 0.425. The number of hydrogen-bond acceptors (Lipinski definition) is 4. The summed E-state index contributed by atoms with van der Waals surface area (Å²) in [6.07, 6.45) is 5.31. The predicted octanol–water partition coefficient (Wildman–Crippen LogP) is 3.19. The van der Waals surface area contributed by atoms with Gasteiger partial charge < -0.3 is 10.2 Å². The van der Waals surface area contributed by atoms with Gasteiger partial charge in [0.25, 0.3) is 0 Å². The molecular weight excluding hydrogens is 248 g/mol. The average molecular weight is 269 g/mol. The van der Waals surface area contributed by atoms with Crippen molar-refractivity contribution in [2.45, 2.75) is 33.1 Å². The van der Waals surface area contributed by atoms with Crippen molar-refractivity contribution in [1.29, 1.82) is 0 Å². The van der Waals surface area contributed by atoms with E-state index in [1.165, 1.54) is 19.3 Å². The highest BCUT2D eigenvalue weighted by Crippen LogP contribution is 2.40. The lowest BCUT2D eigenvalue weighted by Gasteiger charge is -2.27. The van der Waals surface area contributed by atoms with Gasteiger partial charge in [-0.2, -0.15) is 4.98 Å². The molecule has 0 saturated carbocycles. The highest BCUT2D eigenvalue weighted by atomic mass is 35.5. The number of nitrogens with zero attached hydrogens (tertiary/aromatic N) is 3. The number of rotatable bonds is 4. The SMILES string of the molecule is CCC1(CC)CCN(c2nc(NC)ncc2Cl)C1. The van der Waals surface area contributed by atoms with Crippen LogP contribution in [0.2, 0.25) is 5.02 Å². The molecule has 1 aromatic rings. The monoisotopic (exact) mass is 268 g/mol. The molecule has 18 heavy (non-hydrogen) atoms. The number of anilines is 2. The third kappa shape index (κ3) is 2.39. The average Bonchev–Trinajstić information content (AvgIpc) is 2.84. The fraction of sp³-hybridized carbons (Fsp3) is 0.692. The fourth-order valence-electron chi connectivity index (χ4n) is 2.64. The van der Waals surface area contributed by atoms with Gasteiger partial charge in [-0.3, -0.25) is 0 Å². The fourth-order valence-corrected chi connectivity index (χ4v) is 2.85. The summed E-state index contributed by atoms with van der Waals surface area (Å²) in [6.45, 7) is 6.61. The summed E-state index contributed by atoms with van der Waals surface area (Å²) in [4.78, 5) is 10.9. The van der Waals surface area contributed by atoms with Crippen molar-refractivity contribution in [3.05, 3.63) is 11.2 Å². The molecule has 0 bridgehead atoms. The Morgan fingerprint density at radius 2 is 2.17 bits per heavy atom. The summed E-state index contributed by atoms with van der Waals surface area (Å²) in [5, 5.41) is 3.60. The zero-order chi connectivity index (χ0) is 13.2. The zero-order valence-corrected chi connectivity index (χ0v) is 12.1. The smallest absolute Gasteiger partial charge is 0.224 e. The normalized spacial score (nSPS) is 18.1. The van der Waals surface area contributed by atoms with Crippen molar-refractivity contribution in [3.63, 3.8) is 0 Å². The first kappa shape index (κ1) is 13.4. The summed E-state index contributed by atoms with van der Waals surface area (Å²) in [6, 6.07) is 0. The summed E-state index contributed by atoms with van der Waals surface area (Å²) >= 11 is 6.22. The van der Waals surface area contributed by atoms with E-state index in [2.05, 4.69) is 34.0 Å². The molecule has 1 saturated heterocycles. The Balaban J connectivity index is 2.23. The van der Waals surface area contributed by atoms with E-state index in [-0.39, 0.29) is 0 Å². The third-order valence-electron chi connectivity index (χ3n) is 4.19. The Kier molecular flexibility index (Phi) is 3.95. The van der Waals surface area contributed by atoms with Crippen LogP contribution in [0, 0.1) is 5.41 Å². The van der Waals surface area contributed by atoms with Crippen LogP contribution < -0.4 is 10.2 Å². The second kappa shape index (κ2) is 5.31. The van der Waals surface area contributed by atoms with E-state index >= 15 is 0 Å². The second-order valence-electron chi connectivity index (χ2n) is 4.99. The number of halogens is 1. The lowest BCUT2D eigenvalue weighted by Crippen LogP contribution is -2.27. The van der Waals surface area contributed by atoms with Crippen molar-refractivity contribution >= 4 is 23.4 Å². The number of hydrogen-bond donors (Lipinski definition) is 1. The van der Waals surface area contributed by atoms with Gasteiger partial charge in [0.05, 0.1) is 6.20 Å². The van der Waals surface area contributed by atoms with Gasteiger partial charge in [-0.1, -0.05) is 25.4 Å². The molecule has 0 amide bonds. The molecule has 0 atom stereocenters. The molecule has 1 aromatic heterocycles. The molecular formula is C13H21ClN4. The van der Waals surface area contributed by atoms with Gasteiger partial charge in [-0.15, -0.1) is 0 Å². The van der Waals surface area contributed by atoms with Crippen LogP contribution in [0.25, 0.3) is 0 Å². The second-order valence-corrected chi connectivity index (χ2v) is 5.40. The molecule has 1 fully saturated rings. The Bertz CT molecular complexity index is 417. The lowest BCUT2D eigenvalue weighted by atomic mass is 9.82. The van der Waals surface area contributed by atoms with Crippen molar-refractivity contribution in [2.24, 2.45) is 5.41 Å². The van der Waals surface area contributed by atoms with Gasteiger partial charge in [0, 0.05) is 20.1 Å². The van der Waals surface area contributed by atoms with Crippen LogP contribution in [0.5, 0.6) is 0 Å². The van der Waals surface area contributed by atoms with Crippen LogP contribution in [0.4, 0.5) is 11.8 Å². The maximum absolute atomic E-state index is 6.22. The van der Waals surface area contributed by atoms with E-state index in [1.54, 1.807) is 6.20 Å². The van der Waals surface area contributed by atoms with E-state index in [0.717, 1.165) is 18.9 Å².